The lowest BCUT2D eigenvalue weighted by Crippen LogP contribution is -2.41. The number of benzene rings is 1. The van der Waals surface area contributed by atoms with E-state index >= 15 is 0 Å². The molecule has 0 N–H and O–H groups in total. The summed E-state index contributed by atoms with van der Waals surface area (Å²) >= 11 is 0. The zero-order valence-electron chi connectivity index (χ0n) is 15.1. The molecule has 0 aliphatic heterocycles. The summed E-state index contributed by atoms with van der Waals surface area (Å²) in [5.74, 6) is 1.82. The van der Waals surface area contributed by atoms with Crippen molar-refractivity contribution >= 4 is 5.78 Å². The third kappa shape index (κ3) is 2.10. The molecule has 2 nitrogen and oxygen atoms in total. The average molecular weight is 321 g/mol. The first kappa shape index (κ1) is 15.9. The molecule has 2 heteroatoms. The van der Waals surface area contributed by atoms with Gasteiger partial charge in [-0.1, -0.05) is 39.3 Å². The van der Waals surface area contributed by atoms with Gasteiger partial charge in [-0.25, -0.2) is 0 Å². The van der Waals surface area contributed by atoms with E-state index in [-0.39, 0.29) is 5.78 Å². The fourth-order valence-corrected chi connectivity index (χ4v) is 6.42. The van der Waals surface area contributed by atoms with Crippen LogP contribution in [0.2, 0.25) is 0 Å². The van der Waals surface area contributed by atoms with E-state index in [4.69, 9.17) is 0 Å². The highest BCUT2D eigenvalue weighted by atomic mass is 16.1. The molecule has 3 aliphatic rings. The minimum Gasteiger partial charge on any atom is -0.294 e. The first-order valence-corrected chi connectivity index (χ1v) is 9.47. The molecule has 1 aromatic carbocycles. The lowest BCUT2D eigenvalue weighted by Gasteiger charge is -2.48. The van der Waals surface area contributed by atoms with Crippen molar-refractivity contribution in [3.05, 3.63) is 34.9 Å². The first-order chi connectivity index (χ1) is 11.4. The third-order valence-electron chi connectivity index (χ3n) is 7.67. The second-order valence-corrected chi connectivity index (χ2v) is 9.12. The Morgan fingerprint density at radius 2 is 2.12 bits per heavy atom. The predicted molar refractivity (Wildman–Crippen MR) is 94.8 cm³/mol. The van der Waals surface area contributed by atoms with Gasteiger partial charge in [-0.2, -0.15) is 5.26 Å². The van der Waals surface area contributed by atoms with Crippen LogP contribution in [0.3, 0.4) is 0 Å². The fraction of sp³-hybridized carbons (Fsp3) is 0.636. The molecule has 0 spiro atoms. The van der Waals surface area contributed by atoms with Gasteiger partial charge in [0.05, 0.1) is 11.6 Å². The summed E-state index contributed by atoms with van der Waals surface area (Å²) in [6.07, 6.45) is 6.90. The van der Waals surface area contributed by atoms with Crippen molar-refractivity contribution in [2.24, 2.45) is 22.7 Å². The van der Waals surface area contributed by atoms with Crippen LogP contribution < -0.4 is 0 Å². The molecule has 0 amide bonds. The Morgan fingerprint density at radius 1 is 1.33 bits per heavy atom. The Bertz CT molecular complexity index is 745. The van der Waals surface area contributed by atoms with E-state index in [0.717, 1.165) is 5.56 Å². The molecule has 3 aliphatic carbocycles. The Balaban J connectivity index is 1.77. The van der Waals surface area contributed by atoms with Gasteiger partial charge in [0, 0.05) is 12.0 Å². The number of hydrogen-bond donors (Lipinski definition) is 0. The van der Waals surface area contributed by atoms with Gasteiger partial charge >= 0.3 is 0 Å². The van der Waals surface area contributed by atoms with Gasteiger partial charge in [-0.05, 0) is 65.9 Å². The maximum absolute atomic E-state index is 12.9. The van der Waals surface area contributed by atoms with E-state index in [9.17, 15) is 10.1 Å². The molecule has 0 aromatic heterocycles. The number of ketones is 1. The number of nitrogens with zero attached hydrogens (tertiary/aromatic N) is 1. The van der Waals surface area contributed by atoms with Crippen LogP contribution in [-0.4, -0.2) is 5.78 Å². The Kier molecular flexibility index (Phi) is 3.43. The molecule has 0 bridgehead atoms. The SMILES string of the molecule is CCC1(C)C[C@H]2[C@@H]3CC(=O)c4c(C#N)cccc4[C@H]3CC[C@]2(C)C1. The van der Waals surface area contributed by atoms with Crippen LogP contribution in [0.15, 0.2) is 18.2 Å². The van der Waals surface area contributed by atoms with Gasteiger partial charge in [-0.3, -0.25) is 4.79 Å². The maximum Gasteiger partial charge on any atom is 0.164 e. The lowest BCUT2D eigenvalue weighted by molar-refractivity contribution is 0.0526. The second-order valence-electron chi connectivity index (χ2n) is 9.12. The summed E-state index contributed by atoms with van der Waals surface area (Å²) in [5.41, 5.74) is 3.32. The highest BCUT2D eigenvalue weighted by molar-refractivity contribution is 6.01. The van der Waals surface area contributed by atoms with Crippen LogP contribution in [0.25, 0.3) is 0 Å². The first-order valence-electron chi connectivity index (χ1n) is 9.47. The van der Waals surface area contributed by atoms with Crippen LogP contribution in [0, 0.1) is 34.0 Å². The predicted octanol–water partition coefficient (Wildman–Crippen LogP) is 5.47. The van der Waals surface area contributed by atoms with Crippen molar-refractivity contribution in [3.63, 3.8) is 0 Å². The Morgan fingerprint density at radius 3 is 2.83 bits per heavy atom. The average Bonchev–Trinajstić information content (AvgIpc) is 2.86. The number of carbonyl (C=O) groups is 1. The van der Waals surface area contributed by atoms with E-state index in [1.807, 2.05) is 6.07 Å². The molecule has 0 heterocycles. The van der Waals surface area contributed by atoms with Gasteiger partial charge in [0.25, 0.3) is 0 Å². The normalized spacial score (nSPS) is 40.4. The molecule has 2 saturated carbocycles. The quantitative estimate of drug-likeness (QED) is 0.688. The van der Waals surface area contributed by atoms with Gasteiger partial charge in [0.15, 0.2) is 5.78 Å². The van der Waals surface area contributed by atoms with Crippen molar-refractivity contribution in [3.8, 4) is 6.07 Å². The van der Waals surface area contributed by atoms with Crippen molar-refractivity contribution in [2.45, 2.75) is 65.2 Å². The minimum absolute atomic E-state index is 0.206. The molecule has 24 heavy (non-hydrogen) atoms. The van der Waals surface area contributed by atoms with E-state index in [1.165, 1.54) is 37.7 Å². The smallest absolute Gasteiger partial charge is 0.164 e. The van der Waals surface area contributed by atoms with E-state index in [1.54, 1.807) is 6.07 Å². The molecular formula is C22H27NO. The van der Waals surface area contributed by atoms with Crippen LogP contribution in [0.1, 0.15) is 86.7 Å². The Labute approximate surface area is 145 Å². The van der Waals surface area contributed by atoms with Gasteiger partial charge in [0.2, 0.25) is 0 Å². The van der Waals surface area contributed by atoms with E-state index in [2.05, 4.69) is 32.9 Å². The van der Waals surface area contributed by atoms with Crippen LogP contribution in [0.5, 0.6) is 0 Å². The summed E-state index contributed by atoms with van der Waals surface area (Å²) in [4.78, 5) is 12.9. The second kappa shape index (κ2) is 5.19. The molecular weight excluding hydrogens is 294 g/mol. The minimum atomic E-state index is 0.206. The van der Waals surface area contributed by atoms with Crippen molar-refractivity contribution < 1.29 is 4.79 Å². The number of nitriles is 1. The van der Waals surface area contributed by atoms with Gasteiger partial charge < -0.3 is 0 Å². The lowest BCUT2D eigenvalue weighted by atomic mass is 9.55. The molecule has 1 unspecified atom stereocenters. The summed E-state index contributed by atoms with van der Waals surface area (Å²) in [6, 6.07) is 8.11. The number of Topliss-reactive ketones (excluding diaryl/α,β-unsaturated/α-hetero) is 1. The van der Waals surface area contributed by atoms with Gasteiger partial charge in [-0.15, -0.1) is 0 Å². The molecule has 1 aromatic rings. The molecule has 0 radical (unpaired) electrons. The maximum atomic E-state index is 12.9. The van der Waals surface area contributed by atoms with Crippen molar-refractivity contribution in [1.29, 1.82) is 5.26 Å². The Hall–Kier alpha value is -1.62. The molecule has 0 saturated heterocycles. The van der Waals surface area contributed by atoms with Crippen molar-refractivity contribution in [1.82, 2.24) is 0 Å². The van der Waals surface area contributed by atoms with E-state index < -0.39 is 0 Å². The van der Waals surface area contributed by atoms with Gasteiger partial charge in [0.1, 0.15) is 0 Å². The third-order valence-corrected chi connectivity index (χ3v) is 7.67. The van der Waals surface area contributed by atoms with Crippen molar-refractivity contribution in [2.75, 3.05) is 0 Å². The molecule has 2 fully saturated rings. The summed E-state index contributed by atoms with van der Waals surface area (Å²) in [7, 11) is 0. The molecule has 126 valence electrons. The highest BCUT2D eigenvalue weighted by Gasteiger charge is 2.56. The fourth-order valence-electron chi connectivity index (χ4n) is 6.42. The largest absolute Gasteiger partial charge is 0.294 e. The highest BCUT2D eigenvalue weighted by Crippen LogP contribution is 2.65. The monoisotopic (exact) mass is 321 g/mol. The number of carbonyl (C=O) groups excluding carboxylic acids is 1. The van der Waals surface area contributed by atoms with Crippen LogP contribution in [0.4, 0.5) is 0 Å². The van der Waals surface area contributed by atoms with Crippen LogP contribution in [-0.2, 0) is 0 Å². The summed E-state index contributed by atoms with van der Waals surface area (Å²) in [5, 5.41) is 9.40. The zero-order chi connectivity index (χ0) is 17.1. The molecule has 5 atom stereocenters. The number of rotatable bonds is 1. The number of hydrogen-bond acceptors (Lipinski definition) is 2. The van der Waals surface area contributed by atoms with E-state index in [0.29, 0.717) is 40.6 Å². The zero-order valence-corrected chi connectivity index (χ0v) is 15.1. The molecule has 4 rings (SSSR count). The summed E-state index contributed by atoms with van der Waals surface area (Å²) < 4.78 is 0. The summed E-state index contributed by atoms with van der Waals surface area (Å²) in [6.45, 7) is 7.23. The standard InChI is InChI=1S/C22H27NO/c1-4-21(2)11-18-17-10-19(24)20-14(12-23)6-5-7-16(20)15(17)8-9-22(18,3)13-21/h5-7,15,17-18H,4,8-11,13H2,1-3H3/t15-,17-,18+,21?,22-/m1/s1. The number of fused-ring (bicyclic) bond motifs is 5. The topological polar surface area (TPSA) is 40.9 Å². The van der Waals surface area contributed by atoms with Crippen LogP contribution >= 0.6 is 0 Å².